The minimum Gasteiger partial charge on any atom is -0.726 e. The van der Waals surface area contributed by atoms with Gasteiger partial charge in [0.1, 0.15) is 0 Å². The Balaban J connectivity index is 0.00000289. The number of benzene rings is 1. The average molecular weight is 280 g/mol. The zero-order valence-electron chi connectivity index (χ0n) is 11.3. The second-order valence-corrected chi connectivity index (χ2v) is 5.98. The third-order valence-corrected chi connectivity index (χ3v) is 2.89. The second-order valence-electron chi connectivity index (χ2n) is 4.93. The molecule has 0 N–H and O–H groups in total. The van der Waals surface area contributed by atoms with E-state index in [9.17, 15) is 13.0 Å². The Morgan fingerprint density at radius 1 is 1.17 bits per heavy atom. The first-order chi connectivity index (χ1) is 7.68. The largest absolute Gasteiger partial charge is 1.00 e. The van der Waals surface area contributed by atoms with Gasteiger partial charge in [-0.1, -0.05) is 45.0 Å². The topological polar surface area (TPSA) is 66.4 Å². The maximum Gasteiger partial charge on any atom is 1.00 e. The molecular formula is C12H17NaO4S. The van der Waals surface area contributed by atoms with Crippen LogP contribution in [0.4, 0.5) is 0 Å². The van der Waals surface area contributed by atoms with E-state index in [1.807, 2.05) is 24.3 Å². The molecule has 96 valence electrons. The van der Waals surface area contributed by atoms with Gasteiger partial charge in [-0.3, -0.25) is 4.18 Å². The molecule has 0 aromatic heterocycles. The van der Waals surface area contributed by atoms with Crippen molar-refractivity contribution in [2.45, 2.75) is 32.6 Å². The zero-order chi connectivity index (χ0) is 13.1. The summed E-state index contributed by atoms with van der Waals surface area (Å²) in [6, 6.07) is 7.84. The van der Waals surface area contributed by atoms with Crippen molar-refractivity contribution in [3.63, 3.8) is 0 Å². The van der Waals surface area contributed by atoms with Crippen LogP contribution in [0.3, 0.4) is 0 Å². The van der Waals surface area contributed by atoms with Gasteiger partial charge in [-0.25, -0.2) is 8.42 Å². The molecule has 0 saturated carbocycles. The smallest absolute Gasteiger partial charge is 0.726 e. The van der Waals surface area contributed by atoms with Gasteiger partial charge in [0.05, 0.1) is 6.61 Å². The molecule has 0 heterocycles. The summed E-state index contributed by atoms with van der Waals surface area (Å²) in [4.78, 5) is 0. The first-order valence-corrected chi connectivity index (χ1v) is 6.71. The van der Waals surface area contributed by atoms with Crippen LogP contribution in [0.25, 0.3) is 0 Å². The summed E-state index contributed by atoms with van der Waals surface area (Å²) in [5, 5.41) is 0. The van der Waals surface area contributed by atoms with Crippen molar-refractivity contribution in [3.05, 3.63) is 35.4 Å². The Bertz CT molecular complexity index is 460. The van der Waals surface area contributed by atoms with Gasteiger partial charge in [0.15, 0.2) is 0 Å². The van der Waals surface area contributed by atoms with Crippen molar-refractivity contribution in [3.8, 4) is 0 Å². The molecule has 0 aliphatic carbocycles. The maximum absolute atomic E-state index is 10.2. The molecule has 0 fully saturated rings. The van der Waals surface area contributed by atoms with Crippen molar-refractivity contribution in [2.75, 3.05) is 6.61 Å². The monoisotopic (exact) mass is 280 g/mol. The van der Waals surface area contributed by atoms with Crippen LogP contribution in [0.2, 0.25) is 0 Å². The van der Waals surface area contributed by atoms with E-state index in [4.69, 9.17) is 0 Å². The van der Waals surface area contributed by atoms with E-state index in [2.05, 4.69) is 25.0 Å². The molecule has 0 aliphatic rings. The molecule has 0 radical (unpaired) electrons. The van der Waals surface area contributed by atoms with E-state index in [1.54, 1.807) is 0 Å². The molecule has 0 spiro atoms. The van der Waals surface area contributed by atoms with Gasteiger partial charge in [-0.05, 0) is 23.0 Å². The van der Waals surface area contributed by atoms with Crippen LogP contribution in [-0.4, -0.2) is 19.6 Å². The fourth-order valence-electron chi connectivity index (χ4n) is 1.43. The van der Waals surface area contributed by atoms with Gasteiger partial charge in [0.2, 0.25) is 10.4 Å². The second kappa shape index (κ2) is 7.03. The van der Waals surface area contributed by atoms with Crippen LogP contribution in [0.5, 0.6) is 0 Å². The minimum absolute atomic E-state index is 0. The third kappa shape index (κ3) is 6.87. The fourth-order valence-corrected chi connectivity index (χ4v) is 1.72. The molecule has 0 unspecified atom stereocenters. The predicted molar refractivity (Wildman–Crippen MR) is 64.5 cm³/mol. The van der Waals surface area contributed by atoms with E-state index in [-0.39, 0.29) is 41.6 Å². The SMILES string of the molecule is CC(C)(C)c1ccc(CCOS(=O)(=O)[O-])cc1.[Na+]. The quantitative estimate of drug-likeness (QED) is 0.403. The first-order valence-electron chi connectivity index (χ1n) is 5.38. The van der Waals surface area contributed by atoms with Gasteiger partial charge in [0.25, 0.3) is 0 Å². The average Bonchev–Trinajstić information content (AvgIpc) is 2.15. The summed E-state index contributed by atoms with van der Waals surface area (Å²) in [5.41, 5.74) is 2.24. The van der Waals surface area contributed by atoms with Crippen LogP contribution < -0.4 is 29.6 Å². The molecule has 0 atom stereocenters. The minimum atomic E-state index is -4.58. The molecule has 0 amide bonds. The Labute approximate surface area is 131 Å². The summed E-state index contributed by atoms with van der Waals surface area (Å²) >= 11 is 0. The summed E-state index contributed by atoms with van der Waals surface area (Å²) in [6.45, 7) is 6.25. The van der Waals surface area contributed by atoms with Gasteiger partial charge in [-0.15, -0.1) is 0 Å². The normalized spacial score (nSPS) is 12.0. The zero-order valence-corrected chi connectivity index (χ0v) is 14.1. The molecule has 1 aromatic carbocycles. The van der Waals surface area contributed by atoms with E-state index in [1.165, 1.54) is 5.56 Å². The van der Waals surface area contributed by atoms with Crippen LogP contribution in [0.15, 0.2) is 24.3 Å². The standard InChI is InChI=1S/C12H18O4S.Na/c1-12(2,3)11-6-4-10(5-7-11)8-9-16-17(13,14)15;/h4-7H,8-9H2,1-3H3,(H,13,14,15);/q;+1/p-1. The van der Waals surface area contributed by atoms with Crippen LogP contribution in [0, 0.1) is 0 Å². The Morgan fingerprint density at radius 2 is 1.67 bits per heavy atom. The van der Waals surface area contributed by atoms with E-state index in [0.717, 1.165) is 5.56 Å². The van der Waals surface area contributed by atoms with Gasteiger partial charge in [0, 0.05) is 0 Å². The van der Waals surface area contributed by atoms with E-state index in [0.29, 0.717) is 6.42 Å². The van der Waals surface area contributed by atoms with Crippen molar-refractivity contribution in [1.29, 1.82) is 0 Å². The number of hydrogen-bond acceptors (Lipinski definition) is 4. The maximum atomic E-state index is 10.2. The van der Waals surface area contributed by atoms with Gasteiger partial charge in [-0.2, -0.15) is 0 Å². The van der Waals surface area contributed by atoms with Crippen LogP contribution >= 0.6 is 0 Å². The van der Waals surface area contributed by atoms with Crippen LogP contribution in [0.1, 0.15) is 31.9 Å². The molecular weight excluding hydrogens is 263 g/mol. The van der Waals surface area contributed by atoms with Gasteiger partial charge < -0.3 is 4.55 Å². The Kier molecular flexibility index (Phi) is 7.06. The molecule has 1 aromatic rings. The Hall–Kier alpha value is 0.0900. The summed E-state index contributed by atoms with van der Waals surface area (Å²) in [5.74, 6) is 0. The number of hydrogen-bond donors (Lipinski definition) is 0. The van der Waals surface area contributed by atoms with Gasteiger partial charge >= 0.3 is 29.6 Å². The summed E-state index contributed by atoms with van der Waals surface area (Å²) in [6.07, 6.45) is 0.409. The molecule has 0 bridgehead atoms. The third-order valence-electron chi connectivity index (χ3n) is 2.44. The molecule has 1 rings (SSSR count). The molecule has 18 heavy (non-hydrogen) atoms. The van der Waals surface area contributed by atoms with E-state index >= 15 is 0 Å². The van der Waals surface area contributed by atoms with Crippen LogP contribution in [-0.2, 0) is 26.4 Å². The number of rotatable bonds is 4. The van der Waals surface area contributed by atoms with E-state index < -0.39 is 10.4 Å². The molecule has 4 nitrogen and oxygen atoms in total. The van der Waals surface area contributed by atoms with Crippen molar-refractivity contribution >= 4 is 10.4 Å². The summed E-state index contributed by atoms with van der Waals surface area (Å²) < 4.78 is 34.8. The Morgan fingerprint density at radius 3 is 2.06 bits per heavy atom. The fraction of sp³-hybridized carbons (Fsp3) is 0.500. The molecule has 0 saturated heterocycles. The van der Waals surface area contributed by atoms with Crippen molar-refractivity contribution in [1.82, 2.24) is 0 Å². The predicted octanol–water partition coefficient (Wildman–Crippen LogP) is -0.993. The molecule has 6 heteroatoms. The summed E-state index contributed by atoms with van der Waals surface area (Å²) in [7, 11) is -4.58. The van der Waals surface area contributed by atoms with Crippen molar-refractivity contribution in [2.24, 2.45) is 0 Å². The van der Waals surface area contributed by atoms with Crippen molar-refractivity contribution < 1.29 is 46.7 Å². The first kappa shape index (κ1) is 18.1. The molecule has 0 aliphatic heterocycles.